The minimum Gasteiger partial charge on any atom is -0.493 e. The standard InChI is InChI=1S/C17H20ClN3O2/c1-3-23-16-8-13(18)7-6-12(16)10-19-17(22)14-9-15(11-4-5-11)21(2)20-14/h6-9,11H,3-5,10H2,1-2H3,(H,19,22). The summed E-state index contributed by atoms with van der Waals surface area (Å²) in [6.45, 7) is 2.84. The number of nitrogens with zero attached hydrogens (tertiary/aromatic N) is 2. The first kappa shape index (κ1) is 15.9. The molecule has 23 heavy (non-hydrogen) atoms. The Morgan fingerprint density at radius 1 is 1.43 bits per heavy atom. The molecule has 3 rings (SSSR count). The monoisotopic (exact) mass is 333 g/mol. The molecule has 0 aliphatic heterocycles. The number of benzene rings is 1. The second-order valence-corrected chi connectivity index (χ2v) is 6.16. The van der Waals surface area contributed by atoms with Crippen LogP contribution in [-0.4, -0.2) is 22.3 Å². The Hall–Kier alpha value is -2.01. The van der Waals surface area contributed by atoms with Gasteiger partial charge in [-0.05, 0) is 38.0 Å². The fraction of sp³-hybridized carbons (Fsp3) is 0.412. The van der Waals surface area contributed by atoms with Gasteiger partial charge in [-0.25, -0.2) is 0 Å². The summed E-state index contributed by atoms with van der Waals surface area (Å²) in [5, 5.41) is 7.82. The molecule has 1 heterocycles. The normalized spacial score (nSPS) is 13.9. The van der Waals surface area contributed by atoms with Crippen molar-refractivity contribution >= 4 is 17.5 Å². The van der Waals surface area contributed by atoms with Crippen LogP contribution in [0.25, 0.3) is 0 Å². The van der Waals surface area contributed by atoms with Crippen molar-refractivity contribution in [3.05, 3.63) is 46.2 Å². The first-order chi connectivity index (χ1) is 11.1. The molecule has 1 N–H and O–H groups in total. The minimum atomic E-state index is -0.176. The fourth-order valence-corrected chi connectivity index (χ4v) is 2.75. The van der Waals surface area contributed by atoms with Crippen LogP contribution in [0.3, 0.4) is 0 Å². The Bertz CT molecular complexity index is 723. The van der Waals surface area contributed by atoms with Gasteiger partial charge in [0.25, 0.3) is 5.91 Å². The van der Waals surface area contributed by atoms with E-state index in [2.05, 4.69) is 10.4 Å². The molecule has 0 radical (unpaired) electrons. The van der Waals surface area contributed by atoms with Crippen molar-refractivity contribution in [2.75, 3.05) is 6.61 Å². The number of hydrogen-bond donors (Lipinski definition) is 1. The van der Waals surface area contributed by atoms with Crippen molar-refractivity contribution in [3.8, 4) is 5.75 Å². The summed E-state index contributed by atoms with van der Waals surface area (Å²) in [5.41, 5.74) is 2.49. The third-order valence-corrected chi connectivity index (χ3v) is 4.15. The van der Waals surface area contributed by atoms with Crippen molar-refractivity contribution in [1.82, 2.24) is 15.1 Å². The number of hydrogen-bond acceptors (Lipinski definition) is 3. The number of ether oxygens (including phenoxy) is 1. The first-order valence-corrected chi connectivity index (χ1v) is 8.19. The summed E-state index contributed by atoms with van der Waals surface area (Å²) < 4.78 is 7.37. The first-order valence-electron chi connectivity index (χ1n) is 7.82. The summed E-state index contributed by atoms with van der Waals surface area (Å²) >= 11 is 5.99. The van der Waals surface area contributed by atoms with Crippen LogP contribution in [0.1, 0.15) is 47.4 Å². The number of aromatic nitrogens is 2. The van der Waals surface area contributed by atoms with Crippen LogP contribution < -0.4 is 10.1 Å². The van der Waals surface area contributed by atoms with Crippen LogP contribution in [0.5, 0.6) is 5.75 Å². The van der Waals surface area contributed by atoms with E-state index in [4.69, 9.17) is 16.3 Å². The largest absolute Gasteiger partial charge is 0.493 e. The van der Waals surface area contributed by atoms with Crippen LogP contribution in [0.4, 0.5) is 0 Å². The van der Waals surface area contributed by atoms with Crippen molar-refractivity contribution in [2.24, 2.45) is 7.05 Å². The second kappa shape index (κ2) is 6.62. The van der Waals surface area contributed by atoms with E-state index in [1.165, 1.54) is 12.8 Å². The van der Waals surface area contributed by atoms with Gasteiger partial charge in [0, 0.05) is 35.8 Å². The summed E-state index contributed by atoms with van der Waals surface area (Å²) in [6.07, 6.45) is 2.37. The highest BCUT2D eigenvalue weighted by Gasteiger charge is 2.28. The number of nitrogens with one attached hydrogen (secondary N) is 1. The molecule has 0 spiro atoms. The number of carbonyl (C=O) groups excluding carboxylic acids is 1. The van der Waals surface area contributed by atoms with Gasteiger partial charge in [-0.2, -0.15) is 5.10 Å². The maximum Gasteiger partial charge on any atom is 0.272 e. The van der Waals surface area contributed by atoms with Gasteiger partial charge in [-0.1, -0.05) is 17.7 Å². The van der Waals surface area contributed by atoms with Gasteiger partial charge in [0.2, 0.25) is 0 Å². The summed E-state index contributed by atoms with van der Waals surface area (Å²) in [7, 11) is 1.89. The zero-order chi connectivity index (χ0) is 16.4. The van der Waals surface area contributed by atoms with Crippen LogP contribution in [0.15, 0.2) is 24.3 Å². The third kappa shape index (κ3) is 3.67. The predicted octanol–water partition coefficient (Wildman–Crippen LogP) is 3.28. The lowest BCUT2D eigenvalue weighted by atomic mass is 10.2. The molecule has 1 amide bonds. The number of rotatable bonds is 6. The van der Waals surface area contributed by atoms with E-state index in [0.717, 1.165) is 11.3 Å². The van der Waals surface area contributed by atoms with Crippen LogP contribution >= 0.6 is 11.6 Å². The van der Waals surface area contributed by atoms with Gasteiger partial charge in [-0.15, -0.1) is 0 Å². The van der Waals surface area contributed by atoms with Crippen molar-refractivity contribution < 1.29 is 9.53 Å². The van der Waals surface area contributed by atoms with E-state index in [0.29, 0.717) is 35.5 Å². The van der Waals surface area contributed by atoms with Crippen molar-refractivity contribution in [1.29, 1.82) is 0 Å². The molecule has 1 aliphatic carbocycles. The van der Waals surface area contributed by atoms with Gasteiger partial charge in [0.05, 0.1) is 6.61 Å². The molecule has 1 aromatic heterocycles. The molecule has 122 valence electrons. The van der Waals surface area contributed by atoms with Crippen molar-refractivity contribution in [3.63, 3.8) is 0 Å². The van der Waals surface area contributed by atoms with Gasteiger partial charge in [0.1, 0.15) is 11.4 Å². The zero-order valence-corrected chi connectivity index (χ0v) is 14.1. The average Bonchev–Trinajstić information content (AvgIpc) is 3.29. The molecule has 1 fully saturated rings. The van der Waals surface area contributed by atoms with Crippen LogP contribution in [0.2, 0.25) is 5.02 Å². The van der Waals surface area contributed by atoms with Crippen LogP contribution in [-0.2, 0) is 13.6 Å². The molecular weight excluding hydrogens is 314 g/mol. The Morgan fingerprint density at radius 3 is 2.91 bits per heavy atom. The Labute approximate surface area is 140 Å². The number of carbonyl (C=O) groups is 1. The van der Waals surface area contributed by atoms with E-state index in [9.17, 15) is 4.79 Å². The highest BCUT2D eigenvalue weighted by atomic mass is 35.5. The average molecular weight is 334 g/mol. The Balaban J connectivity index is 1.68. The third-order valence-electron chi connectivity index (χ3n) is 3.91. The smallest absolute Gasteiger partial charge is 0.272 e. The second-order valence-electron chi connectivity index (χ2n) is 5.72. The maximum absolute atomic E-state index is 12.3. The molecule has 2 aromatic rings. The highest BCUT2D eigenvalue weighted by molar-refractivity contribution is 6.30. The molecule has 0 unspecified atom stereocenters. The molecule has 0 atom stereocenters. The van der Waals surface area contributed by atoms with E-state index in [1.807, 2.05) is 26.1 Å². The lowest BCUT2D eigenvalue weighted by Gasteiger charge is -2.11. The molecule has 0 bridgehead atoms. The predicted molar refractivity (Wildman–Crippen MR) is 89.0 cm³/mol. The molecule has 5 nitrogen and oxygen atoms in total. The number of halogens is 1. The van der Waals surface area contributed by atoms with Gasteiger partial charge in [0.15, 0.2) is 0 Å². The molecule has 0 saturated heterocycles. The summed E-state index contributed by atoms with van der Waals surface area (Å²) in [6, 6.07) is 7.30. The Morgan fingerprint density at radius 2 is 2.22 bits per heavy atom. The topological polar surface area (TPSA) is 56.1 Å². The summed E-state index contributed by atoms with van der Waals surface area (Å²) in [5.74, 6) is 1.08. The number of amides is 1. The molecular formula is C17H20ClN3O2. The van der Waals surface area contributed by atoms with Gasteiger partial charge in [-0.3, -0.25) is 9.48 Å². The zero-order valence-electron chi connectivity index (χ0n) is 13.3. The van der Waals surface area contributed by atoms with E-state index in [-0.39, 0.29) is 5.91 Å². The molecule has 1 saturated carbocycles. The minimum absolute atomic E-state index is 0.176. The van der Waals surface area contributed by atoms with Gasteiger partial charge >= 0.3 is 0 Å². The lowest BCUT2D eigenvalue weighted by molar-refractivity contribution is 0.0945. The van der Waals surface area contributed by atoms with E-state index < -0.39 is 0 Å². The highest BCUT2D eigenvalue weighted by Crippen LogP contribution is 2.39. The SMILES string of the molecule is CCOc1cc(Cl)ccc1CNC(=O)c1cc(C2CC2)n(C)n1. The van der Waals surface area contributed by atoms with E-state index >= 15 is 0 Å². The Kier molecular flexibility index (Phi) is 4.57. The molecule has 1 aliphatic rings. The summed E-state index contributed by atoms with van der Waals surface area (Å²) in [4.78, 5) is 12.3. The fourth-order valence-electron chi connectivity index (χ4n) is 2.58. The maximum atomic E-state index is 12.3. The van der Waals surface area contributed by atoms with Crippen LogP contribution in [0, 0.1) is 0 Å². The molecule has 6 heteroatoms. The van der Waals surface area contributed by atoms with E-state index in [1.54, 1.807) is 16.8 Å². The van der Waals surface area contributed by atoms with Gasteiger partial charge < -0.3 is 10.1 Å². The lowest BCUT2D eigenvalue weighted by Crippen LogP contribution is -2.23. The molecule has 1 aromatic carbocycles. The number of aryl methyl sites for hydroxylation is 1. The van der Waals surface area contributed by atoms with Crippen molar-refractivity contribution in [2.45, 2.75) is 32.2 Å². The quantitative estimate of drug-likeness (QED) is 0.882.